The van der Waals surface area contributed by atoms with Crippen molar-refractivity contribution in [3.8, 4) is 5.75 Å². The summed E-state index contributed by atoms with van der Waals surface area (Å²) in [6.07, 6.45) is 0. The lowest BCUT2D eigenvalue weighted by Crippen LogP contribution is -2.43. The van der Waals surface area contributed by atoms with E-state index in [1.54, 1.807) is 38.1 Å². The van der Waals surface area contributed by atoms with Crippen molar-refractivity contribution in [1.82, 2.24) is 10.9 Å². The van der Waals surface area contributed by atoms with Crippen molar-refractivity contribution in [2.24, 2.45) is 0 Å². The SMILES string of the molecule is Cc1cc(C(=O)NNC(=O)COc2ccc(Cl)cc2Br)c(C)o1. The van der Waals surface area contributed by atoms with Gasteiger partial charge in [0.1, 0.15) is 17.3 Å². The first kappa shape index (κ1) is 17.4. The summed E-state index contributed by atoms with van der Waals surface area (Å²) in [4.78, 5) is 23.6. The van der Waals surface area contributed by atoms with E-state index in [1.807, 2.05) is 0 Å². The highest BCUT2D eigenvalue weighted by molar-refractivity contribution is 9.10. The van der Waals surface area contributed by atoms with Crippen molar-refractivity contribution in [2.75, 3.05) is 6.61 Å². The van der Waals surface area contributed by atoms with Crippen LogP contribution in [-0.4, -0.2) is 18.4 Å². The molecule has 2 rings (SSSR count). The molecule has 1 heterocycles. The van der Waals surface area contributed by atoms with Crippen LogP contribution in [0.4, 0.5) is 0 Å². The van der Waals surface area contributed by atoms with E-state index in [0.29, 0.717) is 32.3 Å². The molecule has 2 aromatic rings. The molecule has 0 atom stereocenters. The van der Waals surface area contributed by atoms with Gasteiger partial charge in [-0.15, -0.1) is 0 Å². The number of ether oxygens (including phenoxy) is 1. The van der Waals surface area contributed by atoms with Crippen LogP contribution < -0.4 is 15.6 Å². The number of aryl methyl sites for hydroxylation is 2. The summed E-state index contributed by atoms with van der Waals surface area (Å²) in [5.74, 6) is 0.612. The first-order chi connectivity index (χ1) is 10.9. The summed E-state index contributed by atoms with van der Waals surface area (Å²) in [6.45, 7) is 3.15. The van der Waals surface area contributed by atoms with Gasteiger partial charge in [-0.25, -0.2) is 0 Å². The molecule has 0 bridgehead atoms. The van der Waals surface area contributed by atoms with Crippen LogP contribution in [0, 0.1) is 13.8 Å². The number of amides is 2. The Bertz CT molecular complexity index is 745. The average Bonchev–Trinajstić information content (AvgIpc) is 2.82. The van der Waals surface area contributed by atoms with E-state index in [4.69, 9.17) is 20.8 Å². The van der Waals surface area contributed by atoms with Crippen LogP contribution >= 0.6 is 27.5 Å². The van der Waals surface area contributed by atoms with E-state index < -0.39 is 11.8 Å². The standard InChI is InChI=1S/C15H14BrClN2O4/c1-8-5-11(9(2)23-8)15(21)19-18-14(20)7-22-13-4-3-10(17)6-12(13)16/h3-6H,7H2,1-2H3,(H,18,20)(H,19,21). The lowest BCUT2D eigenvalue weighted by atomic mass is 10.2. The Balaban J connectivity index is 1.83. The van der Waals surface area contributed by atoms with Gasteiger partial charge in [0.05, 0.1) is 10.0 Å². The number of hydrogen-bond acceptors (Lipinski definition) is 4. The number of benzene rings is 1. The third-order valence-electron chi connectivity index (χ3n) is 2.85. The molecule has 0 aliphatic heterocycles. The molecule has 0 saturated heterocycles. The largest absolute Gasteiger partial charge is 0.483 e. The topological polar surface area (TPSA) is 80.6 Å². The fourth-order valence-corrected chi connectivity index (χ4v) is 2.62. The summed E-state index contributed by atoms with van der Waals surface area (Å²) in [5.41, 5.74) is 4.94. The smallest absolute Gasteiger partial charge is 0.276 e. The highest BCUT2D eigenvalue weighted by Crippen LogP contribution is 2.27. The molecule has 0 aliphatic rings. The molecule has 8 heteroatoms. The highest BCUT2D eigenvalue weighted by Gasteiger charge is 2.14. The fraction of sp³-hybridized carbons (Fsp3) is 0.200. The molecular weight excluding hydrogens is 388 g/mol. The minimum atomic E-state index is -0.502. The molecule has 1 aromatic carbocycles. The fourth-order valence-electron chi connectivity index (χ4n) is 1.82. The molecule has 0 unspecified atom stereocenters. The molecule has 23 heavy (non-hydrogen) atoms. The van der Waals surface area contributed by atoms with Gasteiger partial charge in [0.15, 0.2) is 6.61 Å². The lowest BCUT2D eigenvalue weighted by molar-refractivity contribution is -0.123. The van der Waals surface area contributed by atoms with Crippen molar-refractivity contribution < 1.29 is 18.7 Å². The molecule has 1 aromatic heterocycles. The Hall–Kier alpha value is -1.99. The third-order valence-corrected chi connectivity index (χ3v) is 3.71. The van der Waals surface area contributed by atoms with Gasteiger partial charge in [-0.05, 0) is 54.0 Å². The second-order valence-electron chi connectivity index (χ2n) is 4.69. The first-order valence-electron chi connectivity index (χ1n) is 6.61. The Kier molecular flexibility index (Phi) is 5.68. The molecule has 0 spiro atoms. The summed E-state index contributed by atoms with van der Waals surface area (Å²) in [5, 5.41) is 0.548. The highest BCUT2D eigenvalue weighted by atomic mass is 79.9. The average molecular weight is 402 g/mol. The Morgan fingerprint density at radius 2 is 2.00 bits per heavy atom. The number of halogens is 2. The minimum Gasteiger partial charge on any atom is -0.483 e. The molecule has 0 radical (unpaired) electrons. The zero-order valence-corrected chi connectivity index (χ0v) is 14.7. The normalized spacial score (nSPS) is 10.3. The Morgan fingerprint density at radius 3 is 2.61 bits per heavy atom. The van der Waals surface area contributed by atoms with Crippen LogP contribution in [0.1, 0.15) is 21.9 Å². The molecule has 0 fully saturated rings. The maximum atomic E-state index is 11.9. The summed E-state index contributed by atoms with van der Waals surface area (Å²) in [7, 11) is 0. The van der Waals surface area contributed by atoms with Crippen LogP contribution in [0.15, 0.2) is 33.2 Å². The number of nitrogens with one attached hydrogen (secondary N) is 2. The molecule has 122 valence electrons. The Labute approximate surface area is 146 Å². The van der Waals surface area contributed by atoms with Crippen LogP contribution in [0.3, 0.4) is 0 Å². The number of hydrogen-bond donors (Lipinski definition) is 2. The van der Waals surface area contributed by atoms with Gasteiger partial charge in [0.2, 0.25) is 0 Å². The van der Waals surface area contributed by atoms with Gasteiger partial charge < -0.3 is 9.15 Å². The summed E-state index contributed by atoms with van der Waals surface area (Å²) >= 11 is 9.10. The van der Waals surface area contributed by atoms with Crippen molar-refractivity contribution in [3.05, 3.63) is 50.8 Å². The molecular formula is C15H14BrClN2O4. The van der Waals surface area contributed by atoms with Crippen molar-refractivity contribution in [3.63, 3.8) is 0 Å². The van der Waals surface area contributed by atoms with Crippen LogP contribution in [-0.2, 0) is 4.79 Å². The number of carbonyl (C=O) groups is 2. The van der Waals surface area contributed by atoms with E-state index in [-0.39, 0.29) is 6.61 Å². The van der Waals surface area contributed by atoms with Gasteiger partial charge in [-0.3, -0.25) is 20.4 Å². The molecule has 0 aliphatic carbocycles. The minimum absolute atomic E-state index is 0.260. The van der Waals surface area contributed by atoms with Crippen LogP contribution in [0.2, 0.25) is 5.02 Å². The lowest BCUT2D eigenvalue weighted by Gasteiger charge is -2.09. The van der Waals surface area contributed by atoms with E-state index in [1.165, 1.54) is 0 Å². The third kappa shape index (κ3) is 4.74. The van der Waals surface area contributed by atoms with E-state index in [2.05, 4.69) is 26.8 Å². The van der Waals surface area contributed by atoms with Crippen molar-refractivity contribution in [1.29, 1.82) is 0 Å². The van der Waals surface area contributed by atoms with Crippen LogP contribution in [0.25, 0.3) is 0 Å². The number of furan rings is 1. The molecule has 0 saturated carbocycles. The van der Waals surface area contributed by atoms with E-state index in [9.17, 15) is 9.59 Å². The predicted octanol–water partition coefficient (Wildman–Crippen LogP) is 3.15. The van der Waals surface area contributed by atoms with Crippen LogP contribution in [0.5, 0.6) is 5.75 Å². The second kappa shape index (κ2) is 7.52. The number of rotatable bonds is 4. The monoisotopic (exact) mass is 400 g/mol. The van der Waals surface area contributed by atoms with E-state index >= 15 is 0 Å². The maximum Gasteiger partial charge on any atom is 0.276 e. The predicted molar refractivity (Wildman–Crippen MR) is 88.4 cm³/mol. The quantitative estimate of drug-likeness (QED) is 0.771. The molecule has 2 N–H and O–H groups in total. The summed E-state index contributed by atoms with van der Waals surface area (Å²) in [6, 6.07) is 6.53. The first-order valence-corrected chi connectivity index (χ1v) is 7.78. The number of carbonyl (C=O) groups excluding carboxylic acids is 2. The summed E-state index contributed by atoms with van der Waals surface area (Å²) < 4.78 is 11.2. The molecule has 2 amide bonds. The van der Waals surface area contributed by atoms with Gasteiger partial charge in [-0.2, -0.15) is 0 Å². The zero-order valence-electron chi connectivity index (χ0n) is 12.4. The zero-order chi connectivity index (χ0) is 17.0. The van der Waals surface area contributed by atoms with Gasteiger partial charge in [0.25, 0.3) is 11.8 Å². The molecule has 6 nitrogen and oxygen atoms in total. The Morgan fingerprint density at radius 1 is 1.26 bits per heavy atom. The van der Waals surface area contributed by atoms with Gasteiger partial charge >= 0.3 is 0 Å². The van der Waals surface area contributed by atoms with E-state index in [0.717, 1.165) is 0 Å². The second-order valence-corrected chi connectivity index (χ2v) is 5.98. The van der Waals surface area contributed by atoms with Crippen molar-refractivity contribution in [2.45, 2.75) is 13.8 Å². The van der Waals surface area contributed by atoms with Gasteiger partial charge in [0, 0.05) is 5.02 Å². The van der Waals surface area contributed by atoms with Gasteiger partial charge in [-0.1, -0.05) is 11.6 Å². The maximum absolute atomic E-state index is 11.9. The number of hydrazine groups is 1. The van der Waals surface area contributed by atoms with Crippen molar-refractivity contribution >= 4 is 39.3 Å².